The molecule has 1 unspecified atom stereocenters. The van der Waals surface area contributed by atoms with Crippen molar-refractivity contribution in [3.05, 3.63) is 0 Å². The molecule has 74 valence electrons. The summed E-state index contributed by atoms with van der Waals surface area (Å²) in [5, 5.41) is 8.63. The highest BCUT2D eigenvalue weighted by Crippen LogP contribution is 2.14. The Morgan fingerprint density at radius 1 is 1.62 bits per heavy atom. The summed E-state index contributed by atoms with van der Waals surface area (Å²) >= 11 is 0. The molecule has 0 aliphatic carbocycles. The molecular formula is C10H18N2O. The van der Waals surface area contributed by atoms with Gasteiger partial charge in [0.1, 0.15) is 0 Å². The molecule has 3 heteroatoms. The van der Waals surface area contributed by atoms with Crippen molar-refractivity contribution in [1.82, 2.24) is 4.90 Å². The molecule has 1 rings (SSSR count). The molecule has 1 fully saturated rings. The molecule has 0 radical (unpaired) electrons. The zero-order valence-electron chi connectivity index (χ0n) is 8.49. The van der Waals surface area contributed by atoms with Gasteiger partial charge in [0, 0.05) is 19.2 Å². The van der Waals surface area contributed by atoms with Gasteiger partial charge in [0.05, 0.1) is 18.7 Å². The highest BCUT2D eigenvalue weighted by atomic mass is 16.5. The average Bonchev–Trinajstić information content (AvgIpc) is 2.56. The number of nitriles is 1. The third-order valence-corrected chi connectivity index (χ3v) is 2.47. The molecule has 0 saturated carbocycles. The summed E-state index contributed by atoms with van der Waals surface area (Å²) in [4.78, 5) is 2.16. The molecule has 0 aromatic rings. The van der Waals surface area contributed by atoms with Crippen LogP contribution < -0.4 is 0 Å². The van der Waals surface area contributed by atoms with Gasteiger partial charge >= 0.3 is 0 Å². The average molecular weight is 182 g/mol. The van der Waals surface area contributed by atoms with Crippen LogP contribution in [0.15, 0.2) is 0 Å². The number of hydrogen-bond acceptors (Lipinski definition) is 3. The predicted molar refractivity (Wildman–Crippen MR) is 51.3 cm³/mol. The molecule has 1 saturated heterocycles. The molecular weight excluding hydrogens is 164 g/mol. The third-order valence-electron chi connectivity index (χ3n) is 2.47. The van der Waals surface area contributed by atoms with Gasteiger partial charge in [0.2, 0.25) is 0 Å². The smallest absolute Gasteiger partial charge is 0.0869 e. The first-order valence-corrected chi connectivity index (χ1v) is 4.96. The topological polar surface area (TPSA) is 36.3 Å². The molecule has 0 bridgehead atoms. The number of nitrogens with zero attached hydrogens (tertiary/aromatic N) is 2. The van der Waals surface area contributed by atoms with Crippen molar-refractivity contribution in [3.8, 4) is 6.07 Å². The van der Waals surface area contributed by atoms with Crippen molar-refractivity contribution >= 4 is 0 Å². The van der Waals surface area contributed by atoms with Gasteiger partial charge in [0.15, 0.2) is 0 Å². The fraction of sp³-hybridized carbons (Fsp3) is 0.900. The maximum absolute atomic E-state index is 8.63. The summed E-state index contributed by atoms with van der Waals surface area (Å²) in [7, 11) is 0. The van der Waals surface area contributed by atoms with Crippen molar-refractivity contribution in [2.24, 2.45) is 0 Å². The van der Waals surface area contributed by atoms with Gasteiger partial charge in [0.25, 0.3) is 0 Å². The van der Waals surface area contributed by atoms with Crippen LogP contribution in [0.25, 0.3) is 0 Å². The van der Waals surface area contributed by atoms with E-state index in [0.717, 1.165) is 19.6 Å². The van der Waals surface area contributed by atoms with E-state index < -0.39 is 0 Å². The van der Waals surface area contributed by atoms with E-state index >= 15 is 0 Å². The zero-order valence-corrected chi connectivity index (χ0v) is 8.49. The van der Waals surface area contributed by atoms with Crippen LogP contribution in [0, 0.1) is 11.3 Å². The van der Waals surface area contributed by atoms with Crippen LogP contribution >= 0.6 is 0 Å². The number of rotatable bonds is 4. The van der Waals surface area contributed by atoms with Gasteiger partial charge in [-0.3, -0.25) is 4.90 Å². The second kappa shape index (κ2) is 5.21. The second-order valence-corrected chi connectivity index (χ2v) is 3.82. The predicted octanol–water partition coefficient (Wildman–Crippen LogP) is 1.40. The van der Waals surface area contributed by atoms with Crippen molar-refractivity contribution in [2.45, 2.75) is 38.8 Å². The van der Waals surface area contributed by atoms with E-state index in [4.69, 9.17) is 10.00 Å². The summed E-state index contributed by atoms with van der Waals surface area (Å²) < 4.78 is 5.53. The largest absolute Gasteiger partial charge is 0.377 e. The van der Waals surface area contributed by atoms with Gasteiger partial charge in [-0.2, -0.15) is 5.26 Å². The first kappa shape index (κ1) is 10.5. The monoisotopic (exact) mass is 182 g/mol. The summed E-state index contributed by atoms with van der Waals surface area (Å²) in [5.74, 6) is 0. The molecule has 0 aromatic heterocycles. The van der Waals surface area contributed by atoms with Crippen LogP contribution in [-0.2, 0) is 4.74 Å². The fourth-order valence-electron chi connectivity index (χ4n) is 1.60. The van der Waals surface area contributed by atoms with Gasteiger partial charge in [-0.25, -0.2) is 0 Å². The first-order valence-electron chi connectivity index (χ1n) is 4.96. The summed E-state index contributed by atoms with van der Waals surface area (Å²) in [6.07, 6.45) is 2.67. The van der Waals surface area contributed by atoms with Crippen LogP contribution in [0.2, 0.25) is 0 Å². The van der Waals surface area contributed by atoms with Crippen LogP contribution in [0.4, 0.5) is 0 Å². The van der Waals surface area contributed by atoms with Gasteiger partial charge in [-0.1, -0.05) is 0 Å². The molecule has 1 aliphatic heterocycles. The van der Waals surface area contributed by atoms with E-state index in [1.165, 1.54) is 6.42 Å². The maximum Gasteiger partial charge on any atom is 0.0869 e. The standard InChI is InChI=1S/C10H18N2O/c1-9(2)12(6-5-11)8-10-4-3-7-13-10/h9-10H,3-4,6-8H2,1-2H3. The highest BCUT2D eigenvalue weighted by Gasteiger charge is 2.20. The molecule has 0 amide bonds. The summed E-state index contributed by atoms with van der Waals surface area (Å²) in [6.45, 7) is 6.55. The maximum atomic E-state index is 8.63. The molecule has 1 aliphatic rings. The SMILES string of the molecule is CC(C)N(CC#N)CC1CCCO1. The van der Waals surface area contributed by atoms with Crippen molar-refractivity contribution in [2.75, 3.05) is 19.7 Å². The zero-order chi connectivity index (χ0) is 9.68. The van der Waals surface area contributed by atoms with Crippen molar-refractivity contribution in [3.63, 3.8) is 0 Å². The lowest BCUT2D eigenvalue weighted by Gasteiger charge is -2.25. The quantitative estimate of drug-likeness (QED) is 0.617. The van der Waals surface area contributed by atoms with Gasteiger partial charge in [-0.15, -0.1) is 0 Å². The Kier molecular flexibility index (Phi) is 4.20. The Morgan fingerprint density at radius 3 is 2.85 bits per heavy atom. The second-order valence-electron chi connectivity index (χ2n) is 3.82. The Balaban J connectivity index is 2.33. The van der Waals surface area contributed by atoms with E-state index in [1.54, 1.807) is 0 Å². The normalized spacial score (nSPS) is 22.5. The van der Waals surface area contributed by atoms with Crippen molar-refractivity contribution < 1.29 is 4.74 Å². The molecule has 0 spiro atoms. The highest BCUT2D eigenvalue weighted by molar-refractivity contribution is 4.81. The summed E-state index contributed by atoms with van der Waals surface area (Å²) in [5.41, 5.74) is 0. The molecule has 1 heterocycles. The lowest BCUT2D eigenvalue weighted by molar-refractivity contribution is 0.0678. The molecule has 0 aromatic carbocycles. The molecule has 13 heavy (non-hydrogen) atoms. The first-order chi connectivity index (χ1) is 6.24. The number of ether oxygens (including phenoxy) is 1. The summed E-state index contributed by atoms with van der Waals surface area (Å²) in [6, 6.07) is 2.63. The lowest BCUT2D eigenvalue weighted by atomic mass is 10.2. The lowest BCUT2D eigenvalue weighted by Crippen LogP contribution is -2.37. The van der Waals surface area contributed by atoms with E-state index in [-0.39, 0.29) is 0 Å². The molecule has 1 atom stereocenters. The van der Waals surface area contributed by atoms with Crippen LogP contribution in [-0.4, -0.2) is 36.7 Å². The van der Waals surface area contributed by atoms with Crippen LogP contribution in [0.1, 0.15) is 26.7 Å². The van der Waals surface area contributed by atoms with Crippen LogP contribution in [0.3, 0.4) is 0 Å². The van der Waals surface area contributed by atoms with E-state index in [1.807, 2.05) is 0 Å². The molecule has 3 nitrogen and oxygen atoms in total. The van der Waals surface area contributed by atoms with Gasteiger partial charge in [-0.05, 0) is 26.7 Å². The Labute approximate surface area is 80.3 Å². The van der Waals surface area contributed by atoms with Crippen molar-refractivity contribution in [1.29, 1.82) is 5.26 Å². The minimum atomic E-state index is 0.357. The Bertz CT molecular complexity index is 180. The van der Waals surface area contributed by atoms with E-state index in [2.05, 4.69) is 24.8 Å². The Hall–Kier alpha value is -0.590. The molecule has 0 N–H and O–H groups in total. The van der Waals surface area contributed by atoms with Crippen LogP contribution in [0.5, 0.6) is 0 Å². The van der Waals surface area contributed by atoms with E-state index in [0.29, 0.717) is 18.7 Å². The van der Waals surface area contributed by atoms with Gasteiger partial charge < -0.3 is 4.74 Å². The Morgan fingerprint density at radius 2 is 2.38 bits per heavy atom. The minimum Gasteiger partial charge on any atom is -0.377 e. The van der Waals surface area contributed by atoms with E-state index in [9.17, 15) is 0 Å². The fourth-order valence-corrected chi connectivity index (χ4v) is 1.60. The number of hydrogen-bond donors (Lipinski definition) is 0. The third kappa shape index (κ3) is 3.33. The minimum absolute atomic E-state index is 0.357.